The zero-order valence-corrected chi connectivity index (χ0v) is 42.2. The molecule has 1 radical (unpaired) electrons. The fourth-order valence-corrected chi connectivity index (χ4v) is 4.72. The van der Waals surface area contributed by atoms with Crippen molar-refractivity contribution in [3.05, 3.63) is 157 Å². The third-order valence-corrected chi connectivity index (χ3v) is 7.02. The average molecular weight is 1150 g/mol. The summed E-state index contributed by atoms with van der Waals surface area (Å²) < 4.78 is 131. The van der Waals surface area contributed by atoms with Gasteiger partial charge < -0.3 is 20.1 Å². The summed E-state index contributed by atoms with van der Waals surface area (Å²) in [6.45, 7) is 7.45. The molecule has 0 saturated carbocycles. The number of halogens is 8. The number of hydrogen-bond acceptors (Lipinski definition) is 18. The molecule has 0 saturated heterocycles. The molecule has 0 aromatic carbocycles. The summed E-state index contributed by atoms with van der Waals surface area (Å²) in [7, 11) is -16.5. The van der Waals surface area contributed by atoms with Crippen LogP contribution in [0, 0.1) is 43.1 Å². The maximum atomic E-state index is 9.87. The summed E-state index contributed by atoms with van der Waals surface area (Å²) in [4.78, 5) is 31.1. The van der Waals surface area contributed by atoms with Gasteiger partial charge in [0.25, 0.3) is 0 Å². The zero-order chi connectivity index (χ0) is 51.2. The van der Waals surface area contributed by atoms with Crippen LogP contribution in [0.25, 0.3) is 0 Å². The van der Waals surface area contributed by atoms with Gasteiger partial charge >= 0.3 is 50.1 Å². The van der Waals surface area contributed by atoms with Crippen molar-refractivity contribution in [2.24, 2.45) is 14.1 Å². The third kappa shape index (κ3) is 51.3. The van der Waals surface area contributed by atoms with Crippen LogP contribution >= 0.6 is 7.81 Å². The number of hydrogen-bond donors (Lipinski definition) is 0. The van der Waals surface area contributed by atoms with E-state index in [1.54, 1.807) is 12.1 Å². The van der Waals surface area contributed by atoms with Crippen molar-refractivity contribution >= 4 is 7.81 Å². The Labute approximate surface area is 429 Å². The largest absolute Gasteiger partial charge is 3.00 e. The van der Waals surface area contributed by atoms with Gasteiger partial charge in [0.1, 0.15) is 11.6 Å². The van der Waals surface area contributed by atoms with E-state index in [-0.39, 0.29) is 45.1 Å². The van der Waals surface area contributed by atoms with Gasteiger partial charge in [0.15, 0.2) is 0 Å². The van der Waals surface area contributed by atoms with Gasteiger partial charge in [-0.2, -0.15) is 10.5 Å². The summed E-state index contributed by atoms with van der Waals surface area (Å²) in [6, 6.07) is 27.5. The van der Waals surface area contributed by atoms with E-state index in [4.69, 9.17) is 47.8 Å². The summed E-state index contributed by atoms with van der Waals surface area (Å²) in [5.74, 6) is 2.07. The van der Waals surface area contributed by atoms with Gasteiger partial charge in [-0.25, -0.2) is 47.2 Å². The molecule has 0 aliphatic carbocycles. The van der Waals surface area contributed by atoms with E-state index in [9.17, 15) is 25.2 Å². The number of aryl methyl sites for hydroxylation is 2. The molecular weight excluding hydrogens is 1110 g/mol. The fourth-order valence-electron chi connectivity index (χ4n) is 4.72. The molecule has 6 heterocycles. The van der Waals surface area contributed by atoms with Gasteiger partial charge in [0.05, 0.1) is 48.0 Å². The molecule has 0 bridgehead atoms. The maximum absolute atomic E-state index is 10.7. The van der Waals surface area contributed by atoms with Crippen LogP contribution in [0.3, 0.4) is 0 Å². The molecule has 0 atom stereocenters. The summed E-state index contributed by atoms with van der Waals surface area (Å²) in [5.41, 5.74) is 4.19. The Morgan fingerprint density at radius 2 is 0.676 bits per heavy atom. The van der Waals surface area contributed by atoms with Crippen molar-refractivity contribution in [2.75, 3.05) is 0 Å². The molecule has 6 rings (SSSR count). The molecule has 0 N–H and O–H groups in total. The molecule has 33 heteroatoms. The first-order valence-electron chi connectivity index (χ1n) is 18.3. The normalized spacial score (nSPS) is 11.0. The Morgan fingerprint density at radius 1 is 0.479 bits per heavy atom. The zero-order valence-electron chi connectivity index (χ0n) is 37.5. The topological polar surface area (TPSA) is 383 Å². The van der Waals surface area contributed by atoms with Gasteiger partial charge in [0, 0.05) is 121 Å². The van der Waals surface area contributed by atoms with Crippen LogP contribution in [0.4, 0.5) is 25.2 Å². The van der Waals surface area contributed by atoms with Crippen LogP contribution in [-0.4, -0.2) is 48.8 Å². The van der Waals surface area contributed by atoms with Crippen LogP contribution in [0.15, 0.2) is 122 Å². The van der Waals surface area contributed by atoms with E-state index >= 15 is 0 Å². The van der Waals surface area contributed by atoms with Crippen LogP contribution in [0.2, 0.25) is 0 Å². The van der Waals surface area contributed by atoms with E-state index in [0.29, 0.717) is 0 Å². The molecule has 6 aromatic heterocycles. The van der Waals surface area contributed by atoms with E-state index in [1.165, 1.54) is 13.8 Å². The Bertz CT molecular complexity index is 2080. The minimum Gasteiger partial charge on any atom is -2.00 e. The summed E-state index contributed by atoms with van der Waals surface area (Å²) >= 11 is 0. The van der Waals surface area contributed by atoms with E-state index < -0.39 is 28.3 Å². The predicted molar refractivity (Wildman–Crippen MR) is 207 cm³/mol. The molecule has 395 valence electrons. The number of pyridine rings is 4. The van der Waals surface area contributed by atoms with Crippen molar-refractivity contribution in [1.82, 2.24) is 48.8 Å². The Balaban J connectivity index is -0.000000276. The minimum atomic E-state index is -10.7. The Morgan fingerprint density at radius 3 is 0.817 bits per heavy atom. The molecule has 0 unspecified atom stereocenters. The smallest absolute Gasteiger partial charge is 2.00 e. The average Bonchev–Trinajstić information content (AvgIpc) is 3.80. The van der Waals surface area contributed by atoms with Crippen molar-refractivity contribution in [1.29, 1.82) is 10.5 Å². The molecule has 71 heavy (non-hydrogen) atoms. The standard InChI is InChI=1S/2C17H19N5.2C2H3N.2ClHO4.F6P.2Mn.2O/c2*1-21-11-10-20-17(21)14-22(12-15-6-2-4-8-18-15)13-16-7-3-5-9-19-16;2*1-2-3;2*2-1(3,4)5;1-7(2,3,4,5)6;;;;/h2*2-11H,12-14H2,1H3;2*1H3;2*(H,2,3,4,5);;;;;/q;;;;;;-1;;+3;2*-2/p-2. The Kier molecular flexibility index (Phi) is 38.2. The van der Waals surface area contributed by atoms with Gasteiger partial charge in [-0.15, -0.1) is 20.5 Å². The monoisotopic (exact) mass is 1150 g/mol. The third-order valence-electron chi connectivity index (χ3n) is 7.02. The molecular formula is C38H44Cl2F6Mn2N12O10P-4. The number of imidazole rings is 2. The van der Waals surface area contributed by atoms with E-state index in [2.05, 4.69) is 39.7 Å². The van der Waals surface area contributed by atoms with Crippen LogP contribution in [0.1, 0.15) is 48.3 Å². The van der Waals surface area contributed by atoms with Crippen molar-refractivity contribution in [2.45, 2.75) is 53.1 Å². The van der Waals surface area contributed by atoms with E-state index in [1.807, 2.05) is 146 Å². The number of nitriles is 2. The van der Waals surface area contributed by atoms with E-state index in [0.717, 1.165) is 73.7 Å². The SMILES string of the molecule is CC#N.CC#N.Cn1ccnc1CN(Cc1ccccn1)Cc1ccccn1.Cn1ccnc1CN(Cc1ccccn1)Cc1ccccn1.F[P-](F)(F)(F)(F)F.[Mn+3].[Mn].[O-2].[O-2].[O-][Cl+3]([O-])([O-])[O-].[O-][Cl+3]([O-])([O-])[O-]. The van der Waals surface area contributed by atoms with Gasteiger partial charge in [-0.3, -0.25) is 29.7 Å². The summed E-state index contributed by atoms with van der Waals surface area (Å²) in [5, 5.41) is 14.6. The molecule has 0 amide bonds. The van der Waals surface area contributed by atoms with Gasteiger partial charge in [-0.1, -0.05) is 24.3 Å². The van der Waals surface area contributed by atoms with Crippen LogP contribution in [0.5, 0.6) is 0 Å². The Hall–Kier alpha value is -4.85. The van der Waals surface area contributed by atoms with Crippen molar-refractivity contribution in [3.8, 4) is 12.1 Å². The second-order valence-corrected chi connectivity index (χ2v) is 16.1. The maximum Gasteiger partial charge on any atom is 3.00 e. The number of aromatic nitrogens is 8. The number of nitrogens with zero attached hydrogens (tertiary/aromatic N) is 12. The van der Waals surface area contributed by atoms with Gasteiger partial charge in [-0.05, 0) is 48.5 Å². The predicted octanol–water partition coefficient (Wildman–Crippen LogP) is -0.487. The number of rotatable bonds is 12. The van der Waals surface area contributed by atoms with Crippen molar-refractivity contribution < 1.29 is 128 Å². The molecule has 22 nitrogen and oxygen atoms in total. The fraction of sp³-hybridized carbons (Fsp3) is 0.263. The van der Waals surface area contributed by atoms with Crippen molar-refractivity contribution in [3.63, 3.8) is 0 Å². The molecule has 6 aromatic rings. The first kappa shape index (κ1) is 75.1. The minimum absolute atomic E-state index is 0. The first-order valence-corrected chi connectivity index (χ1v) is 22.8. The molecule has 0 aliphatic heterocycles. The molecule has 0 aliphatic rings. The van der Waals surface area contributed by atoms with Crippen LogP contribution < -0.4 is 37.3 Å². The molecule has 0 spiro atoms. The molecule has 0 fully saturated rings. The second-order valence-electron chi connectivity index (χ2n) is 12.6. The quantitative estimate of drug-likeness (QED) is 0.0848. The van der Waals surface area contributed by atoms with Gasteiger partial charge in [0.2, 0.25) is 0 Å². The van der Waals surface area contributed by atoms with Crippen LogP contribution in [-0.2, 0) is 98.5 Å². The summed E-state index contributed by atoms with van der Waals surface area (Å²) in [6.07, 6.45) is 14.9. The second kappa shape index (κ2) is 36.1. The first-order chi connectivity index (χ1) is 30.9.